The summed E-state index contributed by atoms with van der Waals surface area (Å²) in [4.78, 5) is 14.9. The molecule has 0 atom stereocenters. The SMILES string of the molecule is CC(C)Cc1cccc2[nH]c(=O)c3nn(C)cc3c12. The van der Waals surface area contributed by atoms with Gasteiger partial charge < -0.3 is 4.98 Å². The van der Waals surface area contributed by atoms with Gasteiger partial charge in [-0.25, -0.2) is 0 Å². The van der Waals surface area contributed by atoms with Crippen molar-refractivity contribution >= 4 is 21.8 Å². The molecule has 19 heavy (non-hydrogen) atoms. The van der Waals surface area contributed by atoms with E-state index in [0.29, 0.717) is 11.4 Å². The number of aryl methyl sites for hydroxylation is 1. The van der Waals surface area contributed by atoms with Crippen LogP contribution < -0.4 is 5.56 Å². The van der Waals surface area contributed by atoms with Crippen LogP contribution in [0.15, 0.2) is 29.2 Å². The van der Waals surface area contributed by atoms with Gasteiger partial charge in [-0.1, -0.05) is 26.0 Å². The van der Waals surface area contributed by atoms with Crippen LogP contribution >= 0.6 is 0 Å². The third kappa shape index (κ3) is 1.93. The largest absolute Gasteiger partial charge is 0.320 e. The molecule has 0 radical (unpaired) electrons. The Morgan fingerprint density at radius 2 is 2.16 bits per heavy atom. The highest BCUT2D eigenvalue weighted by Crippen LogP contribution is 2.25. The zero-order valence-corrected chi connectivity index (χ0v) is 11.4. The smallest absolute Gasteiger partial charge is 0.276 e. The maximum Gasteiger partial charge on any atom is 0.276 e. The predicted octanol–water partition coefficient (Wildman–Crippen LogP) is 2.61. The lowest BCUT2D eigenvalue weighted by atomic mass is 9.97. The molecule has 0 aliphatic rings. The summed E-state index contributed by atoms with van der Waals surface area (Å²) in [6.07, 6.45) is 2.92. The molecule has 0 saturated heterocycles. The summed E-state index contributed by atoms with van der Waals surface area (Å²) in [6, 6.07) is 6.08. The van der Waals surface area contributed by atoms with E-state index in [0.717, 1.165) is 22.7 Å². The Bertz CT molecular complexity index is 811. The van der Waals surface area contributed by atoms with Gasteiger partial charge in [0.2, 0.25) is 0 Å². The predicted molar refractivity (Wildman–Crippen MR) is 77.4 cm³/mol. The highest BCUT2D eigenvalue weighted by molar-refractivity contribution is 6.05. The Balaban J connectivity index is 2.46. The lowest BCUT2D eigenvalue weighted by Gasteiger charge is -2.09. The molecule has 3 rings (SSSR count). The molecule has 2 aromatic heterocycles. The first-order valence-corrected chi connectivity index (χ1v) is 6.53. The van der Waals surface area contributed by atoms with E-state index in [4.69, 9.17) is 0 Å². The minimum atomic E-state index is -0.121. The number of hydrogen-bond donors (Lipinski definition) is 1. The maximum atomic E-state index is 12.0. The summed E-state index contributed by atoms with van der Waals surface area (Å²) in [5, 5.41) is 6.32. The van der Waals surface area contributed by atoms with E-state index in [-0.39, 0.29) is 5.56 Å². The summed E-state index contributed by atoms with van der Waals surface area (Å²) in [5.41, 5.74) is 2.56. The molecule has 0 amide bonds. The van der Waals surface area contributed by atoms with Gasteiger partial charge in [0.25, 0.3) is 5.56 Å². The van der Waals surface area contributed by atoms with Crippen LogP contribution in [-0.2, 0) is 13.5 Å². The summed E-state index contributed by atoms with van der Waals surface area (Å²) in [6.45, 7) is 4.40. The van der Waals surface area contributed by atoms with Gasteiger partial charge in [-0.2, -0.15) is 5.10 Å². The topological polar surface area (TPSA) is 50.7 Å². The molecule has 1 N–H and O–H groups in total. The molecule has 98 valence electrons. The molecule has 0 unspecified atom stereocenters. The number of aromatic nitrogens is 3. The molecule has 0 bridgehead atoms. The Morgan fingerprint density at radius 1 is 1.37 bits per heavy atom. The minimum Gasteiger partial charge on any atom is -0.320 e. The second-order valence-corrected chi connectivity index (χ2v) is 5.46. The van der Waals surface area contributed by atoms with Gasteiger partial charge in [0.15, 0.2) is 5.52 Å². The van der Waals surface area contributed by atoms with E-state index < -0.39 is 0 Å². The third-order valence-corrected chi connectivity index (χ3v) is 3.34. The quantitative estimate of drug-likeness (QED) is 0.765. The van der Waals surface area contributed by atoms with Gasteiger partial charge in [0, 0.05) is 29.5 Å². The second-order valence-electron chi connectivity index (χ2n) is 5.46. The van der Waals surface area contributed by atoms with Crippen LogP contribution in [0.25, 0.3) is 21.8 Å². The van der Waals surface area contributed by atoms with Gasteiger partial charge in [-0.3, -0.25) is 9.48 Å². The molecule has 1 aromatic carbocycles. The van der Waals surface area contributed by atoms with E-state index in [2.05, 4.69) is 30.0 Å². The van der Waals surface area contributed by atoms with Gasteiger partial charge in [-0.05, 0) is 24.0 Å². The first-order chi connectivity index (χ1) is 9.06. The average Bonchev–Trinajstić information content (AvgIpc) is 2.70. The molecule has 0 fully saturated rings. The summed E-state index contributed by atoms with van der Waals surface area (Å²) < 4.78 is 1.70. The fourth-order valence-corrected chi connectivity index (χ4v) is 2.65. The standard InChI is InChI=1S/C15H17N3O/c1-9(2)7-10-5-4-6-12-13(10)11-8-18(3)17-14(11)15(19)16-12/h4-6,8-9H,7H2,1-3H3,(H,16,19). The molecule has 0 spiro atoms. The Hall–Kier alpha value is -2.10. The first-order valence-electron chi connectivity index (χ1n) is 6.53. The van der Waals surface area contributed by atoms with E-state index in [1.165, 1.54) is 5.56 Å². The molecule has 4 heteroatoms. The number of pyridine rings is 1. The van der Waals surface area contributed by atoms with Crippen molar-refractivity contribution in [1.29, 1.82) is 0 Å². The Labute approximate surface area is 111 Å². The average molecular weight is 255 g/mol. The highest BCUT2D eigenvalue weighted by atomic mass is 16.1. The van der Waals surface area contributed by atoms with Crippen LogP contribution in [0.2, 0.25) is 0 Å². The number of hydrogen-bond acceptors (Lipinski definition) is 2. The molecule has 4 nitrogen and oxygen atoms in total. The van der Waals surface area contributed by atoms with E-state index in [1.54, 1.807) is 4.68 Å². The lowest BCUT2D eigenvalue weighted by Crippen LogP contribution is -2.08. The normalized spacial score (nSPS) is 11.8. The number of nitrogens with zero attached hydrogens (tertiary/aromatic N) is 2. The van der Waals surface area contributed by atoms with Crippen molar-refractivity contribution in [3.05, 3.63) is 40.3 Å². The van der Waals surface area contributed by atoms with Crippen LogP contribution in [0.4, 0.5) is 0 Å². The van der Waals surface area contributed by atoms with E-state index in [9.17, 15) is 4.79 Å². The van der Waals surface area contributed by atoms with Crippen molar-refractivity contribution in [2.45, 2.75) is 20.3 Å². The van der Waals surface area contributed by atoms with Crippen molar-refractivity contribution < 1.29 is 0 Å². The fraction of sp³-hybridized carbons (Fsp3) is 0.333. The van der Waals surface area contributed by atoms with E-state index >= 15 is 0 Å². The van der Waals surface area contributed by atoms with Crippen molar-refractivity contribution in [1.82, 2.24) is 14.8 Å². The number of rotatable bonds is 2. The summed E-state index contributed by atoms with van der Waals surface area (Å²) >= 11 is 0. The van der Waals surface area contributed by atoms with Gasteiger partial charge in [0.05, 0.1) is 0 Å². The molecule has 0 aliphatic carbocycles. The van der Waals surface area contributed by atoms with Crippen LogP contribution in [0.5, 0.6) is 0 Å². The number of benzene rings is 1. The third-order valence-electron chi connectivity index (χ3n) is 3.34. The zero-order chi connectivity index (χ0) is 13.6. The monoisotopic (exact) mass is 255 g/mol. The summed E-state index contributed by atoms with van der Waals surface area (Å²) in [5.74, 6) is 0.573. The zero-order valence-electron chi connectivity index (χ0n) is 11.4. The lowest BCUT2D eigenvalue weighted by molar-refractivity contribution is 0.650. The number of nitrogens with one attached hydrogen (secondary N) is 1. The van der Waals surface area contributed by atoms with Crippen molar-refractivity contribution in [2.24, 2.45) is 13.0 Å². The van der Waals surface area contributed by atoms with Crippen LogP contribution in [0.3, 0.4) is 0 Å². The molecular weight excluding hydrogens is 238 g/mol. The van der Waals surface area contributed by atoms with E-state index in [1.807, 2.05) is 25.4 Å². The van der Waals surface area contributed by atoms with Crippen molar-refractivity contribution in [3.8, 4) is 0 Å². The fourth-order valence-electron chi connectivity index (χ4n) is 2.65. The molecule has 0 saturated carbocycles. The van der Waals surface area contributed by atoms with Crippen molar-refractivity contribution in [3.63, 3.8) is 0 Å². The molecule has 0 aliphatic heterocycles. The Kier molecular flexibility index (Phi) is 2.66. The number of aromatic amines is 1. The minimum absolute atomic E-state index is 0.121. The number of H-pyrrole nitrogens is 1. The van der Waals surface area contributed by atoms with Gasteiger partial charge >= 0.3 is 0 Å². The molecule has 2 heterocycles. The molecular formula is C15H17N3O. The van der Waals surface area contributed by atoms with Gasteiger partial charge in [0.1, 0.15) is 0 Å². The van der Waals surface area contributed by atoms with Crippen LogP contribution in [0.1, 0.15) is 19.4 Å². The van der Waals surface area contributed by atoms with Gasteiger partial charge in [-0.15, -0.1) is 0 Å². The van der Waals surface area contributed by atoms with Crippen LogP contribution in [0, 0.1) is 5.92 Å². The Morgan fingerprint density at radius 3 is 2.89 bits per heavy atom. The maximum absolute atomic E-state index is 12.0. The molecule has 3 aromatic rings. The summed E-state index contributed by atoms with van der Waals surface area (Å²) in [7, 11) is 1.84. The second kappa shape index (κ2) is 4.23. The van der Waals surface area contributed by atoms with Crippen LogP contribution in [-0.4, -0.2) is 14.8 Å². The van der Waals surface area contributed by atoms with Crippen molar-refractivity contribution in [2.75, 3.05) is 0 Å². The highest BCUT2D eigenvalue weighted by Gasteiger charge is 2.12. The first kappa shape index (κ1) is 12.0. The number of fused-ring (bicyclic) bond motifs is 3.